The summed E-state index contributed by atoms with van der Waals surface area (Å²) < 4.78 is 6.81. The number of thiazole rings is 1. The van der Waals surface area contributed by atoms with Gasteiger partial charge in [-0.05, 0) is 48.9 Å². The largest absolute Gasteiger partial charge is 0.497 e. The lowest BCUT2D eigenvalue weighted by molar-refractivity contribution is 0.211. The molecule has 32 heavy (non-hydrogen) atoms. The van der Waals surface area contributed by atoms with Crippen molar-refractivity contribution in [2.24, 2.45) is 0 Å². The molecule has 1 atom stereocenters. The fraction of sp³-hybridized carbons (Fsp3) is 0.304. The van der Waals surface area contributed by atoms with Gasteiger partial charge in [-0.1, -0.05) is 35.1 Å². The van der Waals surface area contributed by atoms with Gasteiger partial charge in [0, 0.05) is 36.9 Å². The maximum atomic E-state index is 11.0. The van der Waals surface area contributed by atoms with Gasteiger partial charge in [0.25, 0.3) is 0 Å². The lowest BCUT2D eigenvalue weighted by atomic mass is 10.0. The molecule has 1 saturated heterocycles. The van der Waals surface area contributed by atoms with Crippen molar-refractivity contribution in [3.63, 3.8) is 0 Å². The van der Waals surface area contributed by atoms with E-state index in [0.29, 0.717) is 15.8 Å². The van der Waals surface area contributed by atoms with Crippen LogP contribution in [0, 0.1) is 6.92 Å². The molecule has 1 aliphatic rings. The third-order valence-electron chi connectivity index (χ3n) is 5.84. The van der Waals surface area contributed by atoms with Crippen LogP contribution < -0.4 is 9.64 Å². The first-order valence-corrected chi connectivity index (χ1v) is 11.7. The Kier molecular flexibility index (Phi) is 5.67. The fourth-order valence-electron chi connectivity index (χ4n) is 4.26. The van der Waals surface area contributed by atoms with Crippen LogP contribution in [0.2, 0.25) is 5.02 Å². The van der Waals surface area contributed by atoms with Crippen molar-refractivity contribution in [3.8, 4) is 11.6 Å². The summed E-state index contributed by atoms with van der Waals surface area (Å²) in [6.07, 6.45) is 0. The highest BCUT2D eigenvalue weighted by Crippen LogP contribution is 2.41. The summed E-state index contributed by atoms with van der Waals surface area (Å²) in [6.45, 7) is 5.27. The van der Waals surface area contributed by atoms with E-state index in [1.165, 1.54) is 21.5 Å². The molecule has 2 aromatic heterocycles. The van der Waals surface area contributed by atoms with Crippen molar-refractivity contribution in [1.82, 2.24) is 19.5 Å². The van der Waals surface area contributed by atoms with E-state index in [1.807, 2.05) is 37.3 Å². The normalized spacial score (nSPS) is 15.9. The number of fused-ring (bicyclic) bond motifs is 1. The highest BCUT2D eigenvalue weighted by Gasteiger charge is 2.32. The fourth-order valence-corrected chi connectivity index (χ4v) is 5.62. The number of aromatic hydroxyl groups is 1. The number of hydrogen-bond acceptors (Lipinski definition) is 7. The van der Waals surface area contributed by atoms with Crippen LogP contribution in [0.5, 0.6) is 11.6 Å². The number of hydrogen-bond donors (Lipinski definition) is 1. The second-order valence-corrected chi connectivity index (χ2v) is 9.27. The Morgan fingerprint density at radius 1 is 1.09 bits per heavy atom. The second kappa shape index (κ2) is 8.61. The van der Waals surface area contributed by atoms with Crippen LogP contribution in [-0.4, -0.2) is 57.9 Å². The van der Waals surface area contributed by atoms with E-state index in [-0.39, 0.29) is 11.9 Å². The molecular weight excluding hydrogens is 446 g/mol. The molecule has 0 aliphatic carbocycles. The Morgan fingerprint density at radius 3 is 2.50 bits per heavy atom. The zero-order valence-electron chi connectivity index (χ0n) is 17.9. The van der Waals surface area contributed by atoms with Crippen LogP contribution in [0.1, 0.15) is 22.3 Å². The number of benzene rings is 2. The molecule has 0 unspecified atom stereocenters. The molecule has 0 spiro atoms. The third-order valence-corrected chi connectivity index (χ3v) is 7.14. The number of piperazine rings is 1. The SMILES string of the molecule is COc1ccc(N2CCN([C@H](c3cccc(Cl)c3)c3sc4nc(C)nn4c3O)CC2)cc1. The molecule has 7 nitrogen and oxygen atoms in total. The van der Waals surface area contributed by atoms with Crippen molar-refractivity contribution in [2.75, 3.05) is 38.2 Å². The minimum absolute atomic E-state index is 0.125. The minimum Gasteiger partial charge on any atom is -0.497 e. The maximum absolute atomic E-state index is 11.0. The second-order valence-electron chi connectivity index (χ2n) is 7.82. The number of methoxy groups -OCH3 is 1. The first-order valence-electron chi connectivity index (χ1n) is 10.5. The summed E-state index contributed by atoms with van der Waals surface area (Å²) in [7, 11) is 1.68. The van der Waals surface area contributed by atoms with Gasteiger partial charge in [0.15, 0.2) is 0 Å². The van der Waals surface area contributed by atoms with Gasteiger partial charge in [-0.25, -0.2) is 4.98 Å². The molecule has 9 heteroatoms. The molecule has 1 aliphatic heterocycles. The predicted molar refractivity (Wildman–Crippen MR) is 127 cm³/mol. The van der Waals surface area contributed by atoms with Crippen LogP contribution in [-0.2, 0) is 0 Å². The molecule has 5 rings (SSSR count). The van der Waals surface area contributed by atoms with Crippen molar-refractivity contribution in [3.05, 3.63) is 69.8 Å². The Hall–Kier alpha value is -2.81. The number of aryl methyl sites for hydroxylation is 1. The Bertz CT molecular complexity index is 1230. The van der Waals surface area contributed by atoms with Crippen LogP contribution in [0.25, 0.3) is 4.96 Å². The molecule has 166 valence electrons. The number of aromatic nitrogens is 3. The zero-order valence-corrected chi connectivity index (χ0v) is 19.5. The molecular formula is C23H24ClN5O2S. The Morgan fingerprint density at radius 2 is 1.84 bits per heavy atom. The summed E-state index contributed by atoms with van der Waals surface area (Å²) in [5.41, 5.74) is 2.23. The van der Waals surface area contributed by atoms with Gasteiger partial charge in [0.2, 0.25) is 10.8 Å². The van der Waals surface area contributed by atoms with E-state index in [1.54, 1.807) is 7.11 Å². The van der Waals surface area contributed by atoms with Crippen LogP contribution in [0.3, 0.4) is 0 Å². The van der Waals surface area contributed by atoms with E-state index < -0.39 is 0 Å². The van der Waals surface area contributed by atoms with Gasteiger partial charge in [-0.3, -0.25) is 4.90 Å². The number of rotatable bonds is 5. The molecule has 0 radical (unpaired) electrons. The molecule has 1 N–H and O–H groups in total. The smallest absolute Gasteiger partial charge is 0.230 e. The Balaban J connectivity index is 1.44. The molecule has 2 aromatic carbocycles. The summed E-state index contributed by atoms with van der Waals surface area (Å²) in [6, 6.07) is 15.9. The predicted octanol–water partition coefficient (Wildman–Crippen LogP) is 4.38. The molecule has 4 aromatic rings. The number of halogens is 1. The summed E-state index contributed by atoms with van der Waals surface area (Å²) in [5.74, 6) is 1.65. The molecule has 0 amide bonds. The third kappa shape index (κ3) is 3.90. The first kappa shape index (κ1) is 21.1. The van der Waals surface area contributed by atoms with Gasteiger partial charge >= 0.3 is 0 Å². The van der Waals surface area contributed by atoms with E-state index >= 15 is 0 Å². The topological polar surface area (TPSA) is 66.1 Å². The quantitative estimate of drug-likeness (QED) is 0.468. The lowest BCUT2D eigenvalue weighted by Crippen LogP contribution is -2.47. The highest BCUT2D eigenvalue weighted by atomic mass is 35.5. The monoisotopic (exact) mass is 469 g/mol. The molecule has 0 saturated carbocycles. The lowest BCUT2D eigenvalue weighted by Gasteiger charge is -2.40. The number of ether oxygens (including phenoxy) is 1. The van der Waals surface area contributed by atoms with Gasteiger partial charge in [-0.2, -0.15) is 4.52 Å². The van der Waals surface area contributed by atoms with Gasteiger partial charge < -0.3 is 14.7 Å². The molecule has 0 bridgehead atoms. The van der Waals surface area contributed by atoms with Crippen molar-refractivity contribution in [2.45, 2.75) is 13.0 Å². The van der Waals surface area contributed by atoms with E-state index in [9.17, 15) is 5.11 Å². The van der Waals surface area contributed by atoms with Crippen molar-refractivity contribution < 1.29 is 9.84 Å². The summed E-state index contributed by atoms with van der Waals surface area (Å²) >= 11 is 7.81. The van der Waals surface area contributed by atoms with Crippen LogP contribution in [0.15, 0.2) is 48.5 Å². The zero-order chi connectivity index (χ0) is 22.2. The van der Waals surface area contributed by atoms with E-state index in [0.717, 1.165) is 42.4 Å². The van der Waals surface area contributed by atoms with Crippen molar-refractivity contribution in [1.29, 1.82) is 0 Å². The van der Waals surface area contributed by atoms with Crippen molar-refractivity contribution >= 4 is 33.6 Å². The minimum atomic E-state index is -0.125. The van der Waals surface area contributed by atoms with Crippen LogP contribution in [0.4, 0.5) is 5.69 Å². The van der Waals surface area contributed by atoms with E-state index in [4.69, 9.17) is 16.3 Å². The van der Waals surface area contributed by atoms with Gasteiger partial charge in [0.1, 0.15) is 11.6 Å². The van der Waals surface area contributed by atoms with Gasteiger partial charge in [0.05, 0.1) is 18.0 Å². The molecule has 3 heterocycles. The average molecular weight is 470 g/mol. The van der Waals surface area contributed by atoms with Crippen LogP contribution >= 0.6 is 22.9 Å². The number of anilines is 1. The Labute approximate surface area is 195 Å². The average Bonchev–Trinajstić information content (AvgIpc) is 3.31. The summed E-state index contributed by atoms with van der Waals surface area (Å²) in [5, 5.41) is 16.0. The number of nitrogens with zero attached hydrogens (tertiary/aromatic N) is 5. The standard InChI is InChI=1S/C23H24ClN5O2S/c1-15-25-23-29(26-15)22(30)21(32-23)20(16-4-3-5-17(24)14-16)28-12-10-27(11-13-28)18-6-8-19(31-2)9-7-18/h3-9,14,20,30H,10-13H2,1-2H3/t20-/m1/s1. The maximum Gasteiger partial charge on any atom is 0.230 e. The first-order chi connectivity index (χ1) is 15.5. The van der Waals surface area contributed by atoms with Gasteiger partial charge in [-0.15, -0.1) is 5.10 Å². The highest BCUT2D eigenvalue weighted by molar-refractivity contribution is 7.17. The molecule has 1 fully saturated rings. The summed E-state index contributed by atoms with van der Waals surface area (Å²) in [4.78, 5) is 10.7. The van der Waals surface area contributed by atoms with E-state index in [2.05, 4.69) is 38.1 Å².